The second kappa shape index (κ2) is 10.9. The van der Waals surface area contributed by atoms with E-state index in [0.717, 1.165) is 11.1 Å². The van der Waals surface area contributed by atoms with Gasteiger partial charge in [-0.3, -0.25) is 0 Å². The first-order chi connectivity index (χ1) is 11.1. The Labute approximate surface area is 137 Å². The average Bonchev–Trinajstić information content (AvgIpc) is 2.57. The Balaban J connectivity index is 0.000000173. The molecule has 3 aromatic carbocycles. The van der Waals surface area contributed by atoms with E-state index in [2.05, 4.69) is 0 Å². The van der Waals surface area contributed by atoms with Crippen LogP contribution in [0.1, 0.15) is 11.1 Å². The van der Waals surface area contributed by atoms with Gasteiger partial charge in [-0.15, -0.1) is 0 Å². The van der Waals surface area contributed by atoms with Gasteiger partial charge in [-0.25, -0.2) is 0 Å². The Morgan fingerprint density at radius 2 is 1.17 bits per heavy atom. The van der Waals surface area contributed by atoms with Gasteiger partial charge in [0.15, 0.2) is 0 Å². The van der Waals surface area contributed by atoms with E-state index in [0.29, 0.717) is 11.5 Å². The molecule has 0 aliphatic rings. The number of benzene rings is 3. The lowest BCUT2D eigenvalue weighted by atomic mass is 10.2. The summed E-state index contributed by atoms with van der Waals surface area (Å²) < 4.78 is 0. The van der Waals surface area contributed by atoms with Crippen LogP contribution in [0, 0.1) is 6.92 Å². The van der Waals surface area contributed by atoms with Crippen LogP contribution in [0.25, 0.3) is 0 Å². The fraction of sp³-hybridized carbons (Fsp3) is 0.100. The van der Waals surface area contributed by atoms with Gasteiger partial charge in [0.25, 0.3) is 0 Å². The molecular weight excluding hydrogens is 288 g/mol. The fourth-order valence-corrected chi connectivity index (χ4v) is 1.64. The highest BCUT2D eigenvalue weighted by molar-refractivity contribution is 5.25. The van der Waals surface area contributed by atoms with Crippen LogP contribution in [0.4, 0.5) is 0 Å². The maximum Gasteiger partial charge on any atom is 0.115 e. The van der Waals surface area contributed by atoms with Crippen molar-refractivity contribution < 1.29 is 15.3 Å². The van der Waals surface area contributed by atoms with Crippen molar-refractivity contribution in [3.63, 3.8) is 0 Å². The SMILES string of the molecule is Cc1cccc(O)c1.OCc1ccccc1.Oc1ccccc1. The first-order valence-corrected chi connectivity index (χ1v) is 7.26. The molecule has 0 bridgehead atoms. The monoisotopic (exact) mass is 310 g/mol. The number of rotatable bonds is 1. The van der Waals surface area contributed by atoms with E-state index in [4.69, 9.17) is 15.3 Å². The highest BCUT2D eigenvalue weighted by Gasteiger charge is 1.83. The van der Waals surface area contributed by atoms with E-state index in [1.165, 1.54) is 0 Å². The summed E-state index contributed by atoms with van der Waals surface area (Å²) in [6.45, 7) is 2.08. The highest BCUT2D eigenvalue weighted by atomic mass is 16.3. The normalized spacial score (nSPS) is 8.96. The van der Waals surface area contributed by atoms with Crippen molar-refractivity contribution in [2.75, 3.05) is 0 Å². The van der Waals surface area contributed by atoms with E-state index >= 15 is 0 Å². The number of para-hydroxylation sites is 1. The minimum atomic E-state index is 0.140. The van der Waals surface area contributed by atoms with Crippen LogP contribution in [0.15, 0.2) is 84.9 Å². The summed E-state index contributed by atoms with van der Waals surface area (Å²) in [4.78, 5) is 0. The Morgan fingerprint density at radius 1 is 0.652 bits per heavy atom. The Morgan fingerprint density at radius 3 is 1.48 bits per heavy atom. The van der Waals surface area contributed by atoms with Gasteiger partial charge in [-0.05, 0) is 42.3 Å². The predicted octanol–water partition coefficient (Wildman–Crippen LogP) is 4.27. The molecule has 0 radical (unpaired) electrons. The van der Waals surface area contributed by atoms with Crippen LogP contribution >= 0.6 is 0 Å². The van der Waals surface area contributed by atoms with E-state index in [9.17, 15) is 0 Å². The number of aliphatic hydroxyl groups excluding tert-OH is 1. The zero-order valence-electron chi connectivity index (χ0n) is 13.1. The number of phenols is 2. The minimum absolute atomic E-state index is 0.140. The molecule has 0 amide bonds. The zero-order valence-corrected chi connectivity index (χ0v) is 13.1. The van der Waals surface area contributed by atoms with Crippen LogP contribution in [0.2, 0.25) is 0 Å². The second-order valence-electron chi connectivity index (χ2n) is 4.82. The number of hydrogen-bond acceptors (Lipinski definition) is 3. The van der Waals surface area contributed by atoms with Crippen LogP contribution in [-0.4, -0.2) is 15.3 Å². The van der Waals surface area contributed by atoms with Gasteiger partial charge < -0.3 is 15.3 Å². The van der Waals surface area contributed by atoms with Crippen molar-refractivity contribution >= 4 is 0 Å². The maximum absolute atomic E-state index is 8.81. The van der Waals surface area contributed by atoms with Crippen LogP contribution in [0.5, 0.6) is 11.5 Å². The number of aryl methyl sites for hydroxylation is 1. The van der Waals surface area contributed by atoms with Gasteiger partial charge >= 0.3 is 0 Å². The summed E-state index contributed by atoms with van der Waals surface area (Å²) >= 11 is 0. The van der Waals surface area contributed by atoms with E-state index in [1.807, 2.05) is 55.5 Å². The molecule has 0 aromatic heterocycles. The molecule has 3 N–H and O–H groups in total. The molecule has 23 heavy (non-hydrogen) atoms. The zero-order chi connectivity index (χ0) is 16.9. The van der Waals surface area contributed by atoms with Gasteiger partial charge in [0.2, 0.25) is 0 Å². The lowest BCUT2D eigenvalue weighted by Crippen LogP contribution is -1.77. The predicted molar refractivity (Wildman–Crippen MR) is 93.3 cm³/mol. The fourth-order valence-electron chi connectivity index (χ4n) is 1.64. The van der Waals surface area contributed by atoms with Crippen LogP contribution < -0.4 is 0 Å². The van der Waals surface area contributed by atoms with Crippen molar-refractivity contribution in [3.05, 3.63) is 96.1 Å². The Hall–Kier alpha value is -2.78. The molecular formula is C20H22O3. The summed E-state index contributed by atoms with van der Waals surface area (Å²) in [5.41, 5.74) is 2.05. The van der Waals surface area contributed by atoms with E-state index in [-0.39, 0.29) is 6.61 Å². The summed E-state index contributed by atoms with van der Waals surface area (Å²) in [5, 5.41) is 26.0. The summed E-state index contributed by atoms with van der Waals surface area (Å²) in [6, 6.07) is 25.4. The van der Waals surface area contributed by atoms with Gasteiger partial charge in [0.05, 0.1) is 6.61 Å². The molecule has 0 fully saturated rings. The molecule has 0 heterocycles. The lowest BCUT2D eigenvalue weighted by molar-refractivity contribution is 0.282. The molecule has 0 saturated carbocycles. The highest BCUT2D eigenvalue weighted by Crippen LogP contribution is 2.08. The number of aromatic hydroxyl groups is 2. The molecule has 3 rings (SSSR count). The van der Waals surface area contributed by atoms with Gasteiger partial charge in [-0.1, -0.05) is 60.7 Å². The Kier molecular flexibility index (Phi) is 8.64. The molecule has 0 saturated heterocycles. The molecule has 0 aliphatic heterocycles. The van der Waals surface area contributed by atoms with Crippen molar-refractivity contribution in [1.29, 1.82) is 0 Å². The summed E-state index contributed by atoms with van der Waals surface area (Å²) in [6.07, 6.45) is 0. The number of phenolic OH excluding ortho intramolecular Hbond substituents is 2. The van der Waals surface area contributed by atoms with Crippen molar-refractivity contribution in [2.24, 2.45) is 0 Å². The average molecular weight is 310 g/mol. The molecule has 0 unspecified atom stereocenters. The number of hydrogen-bond donors (Lipinski definition) is 3. The first kappa shape index (κ1) is 18.3. The topological polar surface area (TPSA) is 60.7 Å². The maximum atomic E-state index is 8.81. The largest absolute Gasteiger partial charge is 0.508 e. The molecule has 120 valence electrons. The third kappa shape index (κ3) is 8.96. The molecule has 0 aliphatic carbocycles. The lowest BCUT2D eigenvalue weighted by Gasteiger charge is -1.89. The third-order valence-electron chi connectivity index (χ3n) is 2.78. The smallest absolute Gasteiger partial charge is 0.115 e. The van der Waals surface area contributed by atoms with Crippen molar-refractivity contribution in [1.82, 2.24) is 0 Å². The van der Waals surface area contributed by atoms with Crippen LogP contribution in [0.3, 0.4) is 0 Å². The second-order valence-corrected chi connectivity index (χ2v) is 4.82. The van der Waals surface area contributed by atoms with E-state index < -0.39 is 0 Å². The minimum Gasteiger partial charge on any atom is -0.508 e. The van der Waals surface area contributed by atoms with Gasteiger partial charge in [-0.2, -0.15) is 0 Å². The summed E-state index contributed by atoms with van der Waals surface area (Å²) in [5.74, 6) is 0.660. The molecule has 3 aromatic rings. The van der Waals surface area contributed by atoms with E-state index in [1.54, 1.807) is 36.4 Å². The first-order valence-electron chi connectivity index (χ1n) is 7.26. The van der Waals surface area contributed by atoms with Gasteiger partial charge in [0.1, 0.15) is 11.5 Å². The van der Waals surface area contributed by atoms with Crippen molar-refractivity contribution in [3.8, 4) is 11.5 Å². The molecule has 0 atom stereocenters. The molecule has 3 nitrogen and oxygen atoms in total. The standard InChI is InChI=1S/2C7H8O.C6H6O/c1-6-3-2-4-7(8)5-6;8-6-7-4-2-1-3-5-7;7-6-4-2-1-3-5-6/h2-5,8H,1H3;1-5,8H,6H2;1-5,7H. The van der Waals surface area contributed by atoms with Crippen LogP contribution in [-0.2, 0) is 6.61 Å². The third-order valence-corrected chi connectivity index (χ3v) is 2.78. The number of aliphatic hydroxyl groups is 1. The molecule has 0 spiro atoms. The Bertz CT molecular complexity index is 635. The van der Waals surface area contributed by atoms with Gasteiger partial charge in [0, 0.05) is 0 Å². The molecule has 3 heteroatoms. The summed E-state index contributed by atoms with van der Waals surface area (Å²) in [7, 11) is 0. The quantitative estimate of drug-likeness (QED) is 0.629. The van der Waals surface area contributed by atoms with Crippen molar-refractivity contribution in [2.45, 2.75) is 13.5 Å².